The molecule has 1 aromatic carbocycles. The van der Waals surface area contributed by atoms with E-state index in [1.165, 1.54) is 0 Å². The van der Waals surface area contributed by atoms with Crippen molar-refractivity contribution in [1.29, 1.82) is 0 Å². The van der Waals surface area contributed by atoms with Gasteiger partial charge in [0.1, 0.15) is 0 Å². The van der Waals surface area contributed by atoms with Gasteiger partial charge in [0, 0.05) is 11.0 Å². The molecule has 0 radical (unpaired) electrons. The Labute approximate surface area is 125 Å². The van der Waals surface area contributed by atoms with Gasteiger partial charge in [0.15, 0.2) is 0 Å². The number of carboxylic acid groups (broad SMARTS) is 1. The first-order valence-corrected chi connectivity index (χ1v) is 7.15. The molecule has 1 aliphatic rings. The summed E-state index contributed by atoms with van der Waals surface area (Å²) in [5.41, 5.74) is 1.53. The van der Waals surface area contributed by atoms with Gasteiger partial charge in [-0.2, -0.15) is 0 Å². The van der Waals surface area contributed by atoms with Gasteiger partial charge in [-0.05, 0) is 34.5 Å². The average molecular weight is 342 g/mol. The molecule has 0 aromatic heterocycles. The number of aryl methyl sites for hydroxylation is 1. The van der Waals surface area contributed by atoms with E-state index in [1.54, 1.807) is 11.0 Å². The van der Waals surface area contributed by atoms with E-state index >= 15 is 0 Å². The molecule has 1 aromatic rings. The molecule has 1 atom stereocenters. The van der Waals surface area contributed by atoms with E-state index in [9.17, 15) is 9.59 Å². The highest BCUT2D eigenvalue weighted by Crippen LogP contribution is 2.24. The molecule has 1 unspecified atom stereocenters. The molecule has 1 heterocycles. The summed E-state index contributed by atoms with van der Waals surface area (Å²) in [6.45, 7) is 3.03. The third kappa shape index (κ3) is 3.19. The lowest BCUT2D eigenvalue weighted by Crippen LogP contribution is -2.49. The number of morpholine rings is 1. The second-order valence-electron chi connectivity index (χ2n) is 4.76. The van der Waals surface area contributed by atoms with Crippen molar-refractivity contribution in [2.45, 2.75) is 19.4 Å². The minimum Gasteiger partial charge on any atom is -0.481 e. The molecular formula is C14H16BrNO4. The van der Waals surface area contributed by atoms with Crippen LogP contribution in [0.5, 0.6) is 0 Å². The van der Waals surface area contributed by atoms with Crippen LogP contribution in [0.1, 0.15) is 22.3 Å². The lowest BCUT2D eigenvalue weighted by Gasteiger charge is -2.35. The van der Waals surface area contributed by atoms with Crippen molar-refractivity contribution in [2.24, 2.45) is 0 Å². The number of hydrogen-bond donors (Lipinski definition) is 1. The largest absolute Gasteiger partial charge is 0.481 e. The van der Waals surface area contributed by atoms with E-state index in [-0.39, 0.29) is 18.9 Å². The van der Waals surface area contributed by atoms with Crippen LogP contribution in [-0.2, 0) is 9.53 Å². The summed E-state index contributed by atoms with van der Waals surface area (Å²) in [5, 5.41) is 8.93. The van der Waals surface area contributed by atoms with E-state index in [2.05, 4.69) is 15.9 Å². The van der Waals surface area contributed by atoms with Gasteiger partial charge < -0.3 is 14.7 Å². The van der Waals surface area contributed by atoms with Gasteiger partial charge in [-0.3, -0.25) is 9.59 Å². The SMILES string of the molecule is Cc1cccc(C(=O)N2CCOCC2CC(=O)O)c1Br. The quantitative estimate of drug-likeness (QED) is 0.913. The van der Waals surface area contributed by atoms with Gasteiger partial charge in [-0.1, -0.05) is 12.1 Å². The Balaban J connectivity index is 2.25. The summed E-state index contributed by atoms with van der Waals surface area (Å²) in [7, 11) is 0. The second-order valence-corrected chi connectivity index (χ2v) is 5.55. The number of nitrogens with zero attached hydrogens (tertiary/aromatic N) is 1. The van der Waals surface area contributed by atoms with Gasteiger partial charge in [0.05, 0.1) is 31.2 Å². The van der Waals surface area contributed by atoms with Crippen molar-refractivity contribution < 1.29 is 19.4 Å². The maximum absolute atomic E-state index is 12.6. The lowest BCUT2D eigenvalue weighted by molar-refractivity contribution is -0.139. The van der Waals surface area contributed by atoms with Crippen molar-refractivity contribution in [3.05, 3.63) is 33.8 Å². The highest BCUT2D eigenvalue weighted by molar-refractivity contribution is 9.10. The predicted octanol–water partition coefficient (Wildman–Crippen LogP) is 2.07. The molecule has 1 fully saturated rings. The maximum atomic E-state index is 12.6. The molecule has 1 N–H and O–H groups in total. The van der Waals surface area contributed by atoms with Crippen molar-refractivity contribution >= 4 is 27.8 Å². The van der Waals surface area contributed by atoms with Gasteiger partial charge in [0.2, 0.25) is 0 Å². The predicted molar refractivity (Wildman–Crippen MR) is 76.8 cm³/mol. The Kier molecular flexibility index (Phi) is 4.77. The number of ether oxygens (including phenoxy) is 1. The molecule has 5 nitrogen and oxygen atoms in total. The zero-order valence-corrected chi connectivity index (χ0v) is 12.7. The summed E-state index contributed by atoms with van der Waals surface area (Å²) < 4.78 is 6.04. The highest BCUT2D eigenvalue weighted by atomic mass is 79.9. The van der Waals surface area contributed by atoms with Crippen molar-refractivity contribution in [1.82, 2.24) is 4.90 Å². The van der Waals surface area contributed by atoms with E-state index < -0.39 is 12.0 Å². The summed E-state index contributed by atoms with van der Waals surface area (Å²) in [6, 6.07) is 5.06. The summed E-state index contributed by atoms with van der Waals surface area (Å²) in [4.78, 5) is 25.1. The van der Waals surface area contributed by atoms with Crippen LogP contribution in [0.15, 0.2) is 22.7 Å². The number of benzene rings is 1. The van der Waals surface area contributed by atoms with Crippen LogP contribution in [0.4, 0.5) is 0 Å². The van der Waals surface area contributed by atoms with Crippen LogP contribution >= 0.6 is 15.9 Å². The van der Waals surface area contributed by atoms with E-state index in [4.69, 9.17) is 9.84 Å². The fourth-order valence-corrected chi connectivity index (χ4v) is 2.69. The zero-order chi connectivity index (χ0) is 14.7. The molecular weight excluding hydrogens is 326 g/mol. The molecule has 0 spiro atoms. The lowest BCUT2D eigenvalue weighted by atomic mass is 10.1. The smallest absolute Gasteiger partial charge is 0.305 e. The van der Waals surface area contributed by atoms with Gasteiger partial charge in [-0.25, -0.2) is 0 Å². The average Bonchev–Trinajstić information content (AvgIpc) is 2.41. The number of amides is 1. The van der Waals surface area contributed by atoms with E-state index in [0.29, 0.717) is 18.7 Å². The van der Waals surface area contributed by atoms with E-state index in [1.807, 2.05) is 19.1 Å². The van der Waals surface area contributed by atoms with E-state index in [0.717, 1.165) is 10.0 Å². The van der Waals surface area contributed by atoms with Crippen LogP contribution in [0.3, 0.4) is 0 Å². The van der Waals surface area contributed by atoms with Crippen LogP contribution in [0, 0.1) is 6.92 Å². The normalized spacial score (nSPS) is 18.9. The number of hydrogen-bond acceptors (Lipinski definition) is 3. The van der Waals surface area contributed by atoms with Gasteiger partial charge in [0.25, 0.3) is 5.91 Å². The van der Waals surface area contributed by atoms with Gasteiger partial charge >= 0.3 is 5.97 Å². The number of carbonyl (C=O) groups is 2. The number of carboxylic acids is 1. The van der Waals surface area contributed by atoms with Gasteiger partial charge in [-0.15, -0.1) is 0 Å². The third-order valence-electron chi connectivity index (χ3n) is 3.32. The molecule has 1 saturated heterocycles. The minimum absolute atomic E-state index is 0.102. The van der Waals surface area contributed by atoms with Crippen molar-refractivity contribution in [3.8, 4) is 0 Å². The fraction of sp³-hybridized carbons (Fsp3) is 0.429. The molecule has 0 bridgehead atoms. The molecule has 2 rings (SSSR count). The molecule has 6 heteroatoms. The van der Waals surface area contributed by atoms with Crippen LogP contribution in [0.2, 0.25) is 0 Å². The molecule has 0 saturated carbocycles. The Morgan fingerprint density at radius 1 is 1.50 bits per heavy atom. The molecule has 1 aliphatic heterocycles. The Hall–Kier alpha value is -1.40. The highest BCUT2D eigenvalue weighted by Gasteiger charge is 2.30. The monoisotopic (exact) mass is 341 g/mol. The first-order chi connectivity index (χ1) is 9.50. The number of carbonyl (C=O) groups excluding carboxylic acids is 1. The first-order valence-electron chi connectivity index (χ1n) is 6.36. The van der Waals surface area contributed by atoms with Crippen LogP contribution in [0.25, 0.3) is 0 Å². The summed E-state index contributed by atoms with van der Waals surface area (Å²) in [5.74, 6) is -1.09. The Morgan fingerprint density at radius 2 is 2.25 bits per heavy atom. The summed E-state index contributed by atoms with van der Waals surface area (Å²) in [6.07, 6.45) is -0.102. The molecule has 1 amide bonds. The third-order valence-corrected chi connectivity index (χ3v) is 4.37. The molecule has 108 valence electrons. The number of halogens is 1. The topological polar surface area (TPSA) is 66.8 Å². The molecule has 0 aliphatic carbocycles. The minimum atomic E-state index is -0.929. The first kappa shape index (κ1) is 15.0. The zero-order valence-electron chi connectivity index (χ0n) is 11.1. The Bertz CT molecular complexity index is 532. The van der Waals surface area contributed by atoms with Crippen LogP contribution in [-0.4, -0.2) is 47.7 Å². The Morgan fingerprint density at radius 3 is 2.95 bits per heavy atom. The standard InChI is InChI=1S/C14H16BrNO4/c1-9-3-2-4-11(13(9)15)14(19)16-5-6-20-8-10(16)7-12(17)18/h2-4,10H,5-8H2,1H3,(H,17,18). The maximum Gasteiger partial charge on any atom is 0.305 e. The second kappa shape index (κ2) is 6.37. The van der Waals surface area contributed by atoms with Crippen molar-refractivity contribution in [3.63, 3.8) is 0 Å². The number of aliphatic carboxylic acids is 1. The fourth-order valence-electron chi connectivity index (χ4n) is 2.26. The summed E-state index contributed by atoms with van der Waals surface area (Å²) >= 11 is 3.42. The van der Waals surface area contributed by atoms with Crippen LogP contribution < -0.4 is 0 Å². The number of rotatable bonds is 3. The van der Waals surface area contributed by atoms with Crippen molar-refractivity contribution in [2.75, 3.05) is 19.8 Å². The molecule has 20 heavy (non-hydrogen) atoms.